The molecule has 2 N–H and O–H groups in total. The molecule has 0 aliphatic carbocycles. The minimum absolute atomic E-state index is 0.0920. The Morgan fingerprint density at radius 1 is 1.35 bits per heavy atom. The summed E-state index contributed by atoms with van der Waals surface area (Å²) in [6.45, 7) is 5.60. The minimum atomic E-state index is -3.52. The van der Waals surface area contributed by atoms with Crippen LogP contribution in [0.2, 0.25) is 0 Å². The highest BCUT2D eigenvalue weighted by Crippen LogP contribution is 2.20. The number of anilines is 1. The van der Waals surface area contributed by atoms with E-state index in [1.165, 1.54) is 13.1 Å². The molecule has 0 unspecified atom stereocenters. The molecule has 1 aromatic rings. The predicted octanol–water partition coefficient (Wildman–Crippen LogP) is 2.28. The molecule has 0 radical (unpaired) electrons. The van der Waals surface area contributed by atoms with E-state index < -0.39 is 10.0 Å². The van der Waals surface area contributed by atoms with Crippen molar-refractivity contribution in [2.24, 2.45) is 5.92 Å². The van der Waals surface area contributed by atoms with Crippen LogP contribution in [0.5, 0.6) is 0 Å². The lowest BCUT2D eigenvalue weighted by atomic mass is 10.1. The van der Waals surface area contributed by atoms with Crippen LogP contribution in [0.15, 0.2) is 23.1 Å². The summed E-state index contributed by atoms with van der Waals surface area (Å²) in [7, 11) is -2.15. The van der Waals surface area contributed by atoms with E-state index in [0.717, 1.165) is 12.8 Å². The van der Waals surface area contributed by atoms with Crippen molar-refractivity contribution >= 4 is 21.6 Å². The zero-order valence-electron chi connectivity index (χ0n) is 12.4. The molecule has 20 heavy (non-hydrogen) atoms. The molecular formula is C14H22N2O3S. The standard InChI is InChI=1S/C14H22N2O3S/c1-5-6-11(3)14(17)16-12-8-7-10(2)13(9-12)20(18,19)15-4/h7-9,11,15H,5-6H2,1-4H3,(H,16,17)/t11-/m0/s1. The van der Waals surface area contributed by atoms with Crippen LogP contribution in [-0.2, 0) is 14.8 Å². The number of hydrogen-bond donors (Lipinski definition) is 2. The quantitative estimate of drug-likeness (QED) is 0.846. The number of nitrogens with one attached hydrogen (secondary N) is 2. The smallest absolute Gasteiger partial charge is 0.240 e. The largest absolute Gasteiger partial charge is 0.326 e. The van der Waals surface area contributed by atoms with Crippen LogP contribution >= 0.6 is 0 Å². The molecule has 1 amide bonds. The van der Waals surface area contributed by atoms with Crippen LogP contribution in [0.4, 0.5) is 5.69 Å². The van der Waals surface area contributed by atoms with Gasteiger partial charge in [0, 0.05) is 11.6 Å². The fraction of sp³-hybridized carbons (Fsp3) is 0.500. The molecular weight excluding hydrogens is 276 g/mol. The van der Waals surface area contributed by atoms with E-state index in [4.69, 9.17) is 0 Å². The minimum Gasteiger partial charge on any atom is -0.326 e. The Balaban J connectivity index is 3.00. The summed E-state index contributed by atoms with van der Waals surface area (Å²) in [5.41, 5.74) is 1.14. The van der Waals surface area contributed by atoms with Crippen molar-refractivity contribution in [2.75, 3.05) is 12.4 Å². The van der Waals surface area contributed by atoms with Gasteiger partial charge in [0.1, 0.15) is 0 Å². The van der Waals surface area contributed by atoms with Gasteiger partial charge in [-0.05, 0) is 38.1 Å². The fourth-order valence-corrected chi connectivity index (χ4v) is 2.90. The van der Waals surface area contributed by atoms with Crippen molar-refractivity contribution in [3.63, 3.8) is 0 Å². The Bertz CT molecular complexity index is 582. The highest BCUT2D eigenvalue weighted by Gasteiger charge is 2.17. The summed E-state index contributed by atoms with van der Waals surface area (Å²) in [6.07, 6.45) is 1.74. The zero-order chi connectivity index (χ0) is 15.3. The molecule has 5 nitrogen and oxygen atoms in total. The first kappa shape index (κ1) is 16.7. The number of amides is 1. The first-order valence-electron chi connectivity index (χ1n) is 6.67. The molecule has 0 aliphatic rings. The van der Waals surface area contributed by atoms with Crippen molar-refractivity contribution in [3.8, 4) is 0 Å². The second kappa shape index (κ2) is 6.85. The molecule has 0 fully saturated rings. The first-order valence-corrected chi connectivity index (χ1v) is 8.15. The predicted molar refractivity (Wildman–Crippen MR) is 80.1 cm³/mol. The van der Waals surface area contributed by atoms with Crippen molar-refractivity contribution in [1.82, 2.24) is 4.72 Å². The van der Waals surface area contributed by atoms with Gasteiger partial charge in [-0.25, -0.2) is 13.1 Å². The summed E-state index contributed by atoms with van der Waals surface area (Å²) in [5.74, 6) is -0.186. The van der Waals surface area contributed by atoms with Crippen molar-refractivity contribution < 1.29 is 13.2 Å². The zero-order valence-corrected chi connectivity index (χ0v) is 13.2. The molecule has 0 saturated heterocycles. The molecule has 0 saturated carbocycles. The molecule has 1 atom stereocenters. The Labute approximate surface area is 120 Å². The molecule has 0 bridgehead atoms. The maximum atomic E-state index is 11.9. The third kappa shape index (κ3) is 4.05. The van der Waals surface area contributed by atoms with Crippen LogP contribution < -0.4 is 10.0 Å². The van der Waals surface area contributed by atoms with E-state index in [1.807, 2.05) is 13.8 Å². The van der Waals surface area contributed by atoms with Crippen LogP contribution in [0, 0.1) is 12.8 Å². The Morgan fingerprint density at radius 3 is 2.55 bits per heavy atom. The fourth-order valence-electron chi connectivity index (χ4n) is 1.91. The van der Waals surface area contributed by atoms with E-state index in [0.29, 0.717) is 11.3 Å². The molecule has 0 heterocycles. The molecule has 112 valence electrons. The number of sulfonamides is 1. The van der Waals surface area contributed by atoms with E-state index in [1.54, 1.807) is 19.1 Å². The van der Waals surface area contributed by atoms with E-state index >= 15 is 0 Å². The third-order valence-electron chi connectivity index (χ3n) is 3.18. The van der Waals surface area contributed by atoms with E-state index in [2.05, 4.69) is 10.0 Å². The monoisotopic (exact) mass is 298 g/mol. The average Bonchev–Trinajstić information content (AvgIpc) is 2.41. The number of hydrogen-bond acceptors (Lipinski definition) is 3. The summed E-state index contributed by atoms with van der Waals surface area (Å²) < 4.78 is 26.0. The summed E-state index contributed by atoms with van der Waals surface area (Å²) in [6, 6.07) is 4.88. The van der Waals surface area contributed by atoms with Gasteiger partial charge in [0.15, 0.2) is 0 Å². The van der Waals surface area contributed by atoms with Gasteiger partial charge in [-0.3, -0.25) is 4.79 Å². The lowest BCUT2D eigenvalue weighted by molar-refractivity contribution is -0.119. The number of carbonyl (C=O) groups excluding carboxylic acids is 1. The highest BCUT2D eigenvalue weighted by atomic mass is 32.2. The van der Waals surface area contributed by atoms with Gasteiger partial charge < -0.3 is 5.32 Å². The van der Waals surface area contributed by atoms with E-state index in [9.17, 15) is 13.2 Å². The lowest BCUT2D eigenvalue weighted by Crippen LogP contribution is -2.22. The number of aryl methyl sites for hydroxylation is 1. The molecule has 0 aliphatic heterocycles. The van der Waals surface area contributed by atoms with Crippen molar-refractivity contribution in [1.29, 1.82) is 0 Å². The van der Waals surface area contributed by atoms with Crippen molar-refractivity contribution in [3.05, 3.63) is 23.8 Å². The topological polar surface area (TPSA) is 75.3 Å². The summed E-state index contributed by atoms with van der Waals surface area (Å²) in [5, 5.41) is 2.76. The Kier molecular flexibility index (Phi) is 5.71. The molecule has 0 spiro atoms. The van der Waals surface area contributed by atoms with Gasteiger partial charge in [-0.1, -0.05) is 26.3 Å². The van der Waals surface area contributed by atoms with Gasteiger partial charge in [0.05, 0.1) is 4.90 Å². The maximum absolute atomic E-state index is 11.9. The molecule has 1 rings (SSSR count). The number of carbonyl (C=O) groups is 1. The van der Waals surface area contributed by atoms with Crippen LogP contribution in [0.25, 0.3) is 0 Å². The van der Waals surface area contributed by atoms with E-state index in [-0.39, 0.29) is 16.7 Å². The van der Waals surface area contributed by atoms with Gasteiger partial charge in [-0.15, -0.1) is 0 Å². The van der Waals surface area contributed by atoms with Crippen LogP contribution in [0.1, 0.15) is 32.3 Å². The van der Waals surface area contributed by atoms with Gasteiger partial charge in [0.25, 0.3) is 0 Å². The second-order valence-corrected chi connectivity index (χ2v) is 6.72. The van der Waals surface area contributed by atoms with Crippen LogP contribution in [-0.4, -0.2) is 21.4 Å². The SMILES string of the molecule is CCC[C@H](C)C(=O)Nc1ccc(C)c(S(=O)(=O)NC)c1. The first-order chi connectivity index (χ1) is 9.31. The Hall–Kier alpha value is -1.40. The Morgan fingerprint density at radius 2 is 2.00 bits per heavy atom. The number of benzene rings is 1. The number of rotatable bonds is 6. The lowest BCUT2D eigenvalue weighted by Gasteiger charge is -2.13. The summed E-state index contributed by atoms with van der Waals surface area (Å²) >= 11 is 0. The molecule has 1 aromatic carbocycles. The van der Waals surface area contributed by atoms with Gasteiger partial charge in [0.2, 0.25) is 15.9 Å². The molecule has 0 aromatic heterocycles. The van der Waals surface area contributed by atoms with Gasteiger partial charge >= 0.3 is 0 Å². The highest BCUT2D eigenvalue weighted by molar-refractivity contribution is 7.89. The van der Waals surface area contributed by atoms with Crippen molar-refractivity contribution in [2.45, 2.75) is 38.5 Å². The average molecular weight is 298 g/mol. The van der Waals surface area contributed by atoms with Gasteiger partial charge in [-0.2, -0.15) is 0 Å². The normalized spacial score (nSPS) is 13.0. The maximum Gasteiger partial charge on any atom is 0.240 e. The second-order valence-electron chi connectivity index (χ2n) is 4.87. The van der Waals surface area contributed by atoms with Crippen LogP contribution in [0.3, 0.4) is 0 Å². The summed E-state index contributed by atoms with van der Waals surface area (Å²) in [4.78, 5) is 12.1. The third-order valence-corrected chi connectivity index (χ3v) is 4.74. The molecule has 6 heteroatoms.